The lowest BCUT2D eigenvalue weighted by Crippen LogP contribution is -2.36. The second kappa shape index (κ2) is 8.24. The first-order valence-electron chi connectivity index (χ1n) is 9.61. The normalized spacial score (nSPS) is 15.4. The highest BCUT2D eigenvalue weighted by molar-refractivity contribution is 8.18. The largest absolute Gasteiger partial charge is 0.347 e. The van der Waals surface area contributed by atoms with Gasteiger partial charge in [0.1, 0.15) is 6.54 Å². The van der Waals surface area contributed by atoms with E-state index in [0.717, 1.165) is 44.4 Å². The molecule has 31 heavy (non-hydrogen) atoms. The van der Waals surface area contributed by atoms with Gasteiger partial charge >= 0.3 is 0 Å². The molecule has 158 valence electrons. The highest BCUT2D eigenvalue weighted by Crippen LogP contribution is 2.35. The molecule has 1 N–H and O–H groups in total. The lowest BCUT2D eigenvalue weighted by atomic mass is 10.1. The van der Waals surface area contributed by atoms with E-state index in [9.17, 15) is 14.4 Å². The lowest BCUT2D eigenvalue weighted by molar-refractivity contribution is -0.127. The molecule has 0 saturated carbocycles. The van der Waals surface area contributed by atoms with Crippen LogP contribution in [0.25, 0.3) is 17.0 Å². The molecule has 1 aromatic heterocycles. The van der Waals surface area contributed by atoms with Gasteiger partial charge in [-0.1, -0.05) is 35.9 Å². The third-order valence-electron chi connectivity index (χ3n) is 5.37. The van der Waals surface area contributed by atoms with Crippen LogP contribution in [0.3, 0.4) is 0 Å². The van der Waals surface area contributed by atoms with Crippen LogP contribution in [-0.4, -0.2) is 33.1 Å². The van der Waals surface area contributed by atoms with E-state index >= 15 is 0 Å². The molecule has 1 aliphatic rings. The molecule has 0 spiro atoms. The van der Waals surface area contributed by atoms with Crippen LogP contribution in [0.15, 0.2) is 47.4 Å². The summed E-state index contributed by atoms with van der Waals surface area (Å²) in [5, 5.41) is 3.74. The topological polar surface area (TPSA) is 71.4 Å². The van der Waals surface area contributed by atoms with E-state index in [1.807, 2.05) is 49.7 Å². The molecule has 3 aromatic rings. The Kier molecular flexibility index (Phi) is 5.64. The first-order valence-corrected chi connectivity index (χ1v) is 10.8. The van der Waals surface area contributed by atoms with Gasteiger partial charge in [0.2, 0.25) is 5.91 Å². The number of aryl methyl sites for hydroxylation is 2. The zero-order valence-corrected chi connectivity index (χ0v) is 18.8. The zero-order chi connectivity index (χ0) is 22.3. The smallest absolute Gasteiger partial charge is 0.294 e. The second-order valence-electron chi connectivity index (χ2n) is 7.35. The van der Waals surface area contributed by atoms with Crippen LogP contribution in [0.5, 0.6) is 0 Å². The van der Waals surface area contributed by atoms with Gasteiger partial charge in [-0.2, -0.15) is 0 Å². The number of amides is 3. The minimum absolute atomic E-state index is 0.302. The molecular weight excluding hydrogens is 434 g/mol. The molecule has 2 heterocycles. The number of aromatic nitrogens is 1. The minimum Gasteiger partial charge on any atom is -0.347 e. The van der Waals surface area contributed by atoms with Crippen molar-refractivity contribution in [1.29, 1.82) is 0 Å². The summed E-state index contributed by atoms with van der Waals surface area (Å²) in [7, 11) is 1.96. The number of nitrogens with zero attached hydrogens (tertiary/aromatic N) is 2. The monoisotopic (exact) mass is 453 g/mol. The van der Waals surface area contributed by atoms with Gasteiger partial charge < -0.3 is 9.88 Å². The Labute approximate surface area is 188 Å². The molecule has 0 radical (unpaired) electrons. The third kappa shape index (κ3) is 3.98. The fourth-order valence-electron chi connectivity index (χ4n) is 3.56. The van der Waals surface area contributed by atoms with E-state index in [1.165, 1.54) is 0 Å². The average molecular weight is 454 g/mol. The van der Waals surface area contributed by atoms with Gasteiger partial charge in [-0.3, -0.25) is 19.3 Å². The number of thioether (sulfide) groups is 1. The summed E-state index contributed by atoms with van der Waals surface area (Å²) in [6.07, 6.45) is 1.74. The minimum atomic E-state index is -0.472. The molecule has 2 aromatic carbocycles. The number of para-hydroxylation sites is 1. The van der Waals surface area contributed by atoms with Crippen molar-refractivity contribution in [3.05, 3.63) is 69.2 Å². The predicted octanol–water partition coefficient (Wildman–Crippen LogP) is 5.12. The van der Waals surface area contributed by atoms with Crippen LogP contribution >= 0.6 is 23.4 Å². The SMILES string of the molecule is Cc1ccc(Cl)cc1NC(=O)CN1C(=O)S/C(=C\c2c(C)n(C)c3ccccc23)C1=O. The molecule has 1 aliphatic heterocycles. The number of rotatable bonds is 4. The highest BCUT2D eigenvalue weighted by atomic mass is 35.5. The van der Waals surface area contributed by atoms with Gasteiger partial charge in [0.15, 0.2) is 0 Å². The molecule has 4 rings (SSSR count). The number of nitrogens with one attached hydrogen (secondary N) is 1. The Morgan fingerprint density at radius 1 is 1.16 bits per heavy atom. The van der Waals surface area contributed by atoms with Crippen molar-refractivity contribution >= 4 is 63.1 Å². The van der Waals surface area contributed by atoms with Crippen LogP contribution in [0.4, 0.5) is 10.5 Å². The molecule has 0 unspecified atom stereocenters. The first-order chi connectivity index (χ1) is 14.8. The molecule has 8 heteroatoms. The average Bonchev–Trinajstić information content (AvgIpc) is 3.14. The highest BCUT2D eigenvalue weighted by Gasteiger charge is 2.36. The number of imide groups is 1. The summed E-state index contributed by atoms with van der Waals surface area (Å²) in [5.41, 5.74) is 4.30. The maximum atomic E-state index is 12.9. The number of carbonyl (C=O) groups excluding carboxylic acids is 3. The van der Waals surface area contributed by atoms with Crippen molar-refractivity contribution in [1.82, 2.24) is 9.47 Å². The molecule has 6 nitrogen and oxygen atoms in total. The van der Waals surface area contributed by atoms with E-state index in [0.29, 0.717) is 15.6 Å². The molecule has 3 amide bonds. The summed E-state index contributed by atoms with van der Waals surface area (Å²) >= 11 is 6.83. The Hall–Kier alpha value is -3.03. The first kappa shape index (κ1) is 21.2. The molecule has 0 bridgehead atoms. The van der Waals surface area contributed by atoms with Gasteiger partial charge in [0.25, 0.3) is 11.1 Å². The van der Waals surface area contributed by atoms with Crippen LogP contribution in [0.1, 0.15) is 16.8 Å². The fourth-order valence-corrected chi connectivity index (χ4v) is 4.55. The third-order valence-corrected chi connectivity index (χ3v) is 6.52. The van der Waals surface area contributed by atoms with Crippen LogP contribution in [0, 0.1) is 13.8 Å². The maximum Gasteiger partial charge on any atom is 0.294 e. The van der Waals surface area contributed by atoms with E-state index in [1.54, 1.807) is 24.3 Å². The maximum absolute atomic E-state index is 12.9. The summed E-state index contributed by atoms with van der Waals surface area (Å²) < 4.78 is 2.05. The van der Waals surface area contributed by atoms with Gasteiger partial charge in [0.05, 0.1) is 4.91 Å². The summed E-state index contributed by atoms with van der Waals surface area (Å²) in [6, 6.07) is 13.0. The van der Waals surface area contributed by atoms with Gasteiger partial charge in [-0.15, -0.1) is 0 Å². The van der Waals surface area contributed by atoms with Gasteiger partial charge in [0, 0.05) is 39.9 Å². The fraction of sp³-hybridized carbons (Fsp3) is 0.174. The Morgan fingerprint density at radius 3 is 2.68 bits per heavy atom. The predicted molar refractivity (Wildman–Crippen MR) is 125 cm³/mol. The van der Waals surface area contributed by atoms with Crippen molar-refractivity contribution in [2.24, 2.45) is 7.05 Å². The zero-order valence-electron chi connectivity index (χ0n) is 17.2. The summed E-state index contributed by atoms with van der Waals surface area (Å²) in [6.45, 7) is 3.45. The Balaban J connectivity index is 1.56. The van der Waals surface area contributed by atoms with E-state index in [2.05, 4.69) is 5.32 Å². The lowest BCUT2D eigenvalue weighted by Gasteiger charge is -2.13. The van der Waals surface area contributed by atoms with Crippen molar-refractivity contribution in [2.45, 2.75) is 13.8 Å². The van der Waals surface area contributed by atoms with Gasteiger partial charge in [-0.05, 0) is 55.4 Å². The Morgan fingerprint density at radius 2 is 1.90 bits per heavy atom. The number of hydrogen-bond acceptors (Lipinski definition) is 4. The standard InChI is InChI=1S/C23H20ClN3O3S/c1-13-8-9-15(24)10-18(13)25-21(28)12-27-22(29)20(31-23(27)30)11-17-14(2)26(3)19-7-5-4-6-16(17)19/h4-11H,12H2,1-3H3,(H,25,28)/b20-11-. The number of anilines is 1. The molecule has 0 atom stereocenters. The molecular formula is C23H20ClN3O3S. The van der Waals surface area contributed by atoms with Crippen molar-refractivity contribution in [3.63, 3.8) is 0 Å². The number of halogens is 1. The van der Waals surface area contributed by atoms with E-state index in [-0.39, 0.29) is 6.54 Å². The summed E-state index contributed by atoms with van der Waals surface area (Å²) in [4.78, 5) is 39.1. The molecule has 0 aliphatic carbocycles. The van der Waals surface area contributed by atoms with E-state index in [4.69, 9.17) is 11.6 Å². The van der Waals surface area contributed by atoms with Crippen LogP contribution in [-0.2, 0) is 16.6 Å². The number of benzene rings is 2. The molecule has 1 fully saturated rings. The molecule has 1 saturated heterocycles. The van der Waals surface area contributed by atoms with Crippen LogP contribution in [0.2, 0.25) is 5.02 Å². The summed E-state index contributed by atoms with van der Waals surface area (Å²) in [5.74, 6) is -0.935. The van der Waals surface area contributed by atoms with Crippen molar-refractivity contribution in [3.8, 4) is 0 Å². The van der Waals surface area contributed by atoms with Crippen molar-refractivity contribution < 1.29 is 14.4 Å². The number of hydrogen-bond donors (Lipinski definition) is 1. The quantitative estimate of drug-likeness (QED) is 0.556. The number of carbonyl (C=O) groups is 3. The second-order valence-corrected chi connectivity index (χ2v) is 8.78. The van der Waals surface area contributed by atoms with Crippen molar-refractivity contribution in [2.75, 3.05) is 11.9 Å². The van der Waals surface area contributed by atoms with Crippen LogP contribution < -0.4 is 5.32 Å². The Bertz CT molecular complexity index is 1280. The van der Waals surface area contributed by atoms with Gasteiger partial charge in [-0.25, -0.2) is 0 Å². The van der Waals surface area contributed by atoms with E-state index < -0.39 is 17.1 Å². The number of fused-ring (bicyclic) bond motifs is 1.